The number of nitrogens with one attached hydrogen (secondary N) is 1. The fourth-order valence-corrected chi connectivity index (χ4v) is 2.19. The normalized spacial score (nSPS) is 10.2. The van der Waals surface area contributed by atoms with Gasteiger partial charge in [-0.3, -0.25) is 9.59 Å². The predicted molar refractivity (Wildman–Crippen MR) is 89.7 cm³/mol. The number of hydrogen-bond donors (Lipinski definition) is 1. The predicted octanol–water partition coefficient (Wildman–Crippen LogP) is 2.46. The van der Waals surface area contributed by atoms with Gasteiger partial charge in [0.25, 0.3) is 11.8 Å². The summed E-state index contributed by atoms with van der Waals surface area (Å²) in [5.41, 5.74) is 0.605. The largest absolute Gasteiger partial charge is 0.484 e. The van der Waals surface area contributed by atoms with Gasteiger partial charge in [0.2, 0.25) is 0 Å². The van der Waals surface area contributed by atoms with Gasteiger partial charge in [-0.2, -0.15) is 0 Å². The van der Waals surface area contributed by atoms with Crippen LogP contribution >= 0.6 is 0 Å². The molecule has 1 N–H and O–H groups in total. The summed E-state index contributed by atoms with van der Waals surface area (Å²) >= 11 is 0. The summed E-state index contributed by atoms with van der Waals surface area (Å²) in [5, 5.41) is 2.70. The lowest BCUT2D eigenvalue weighted by atomic mass is 10.2. The molecule has 6 nitrogen and oxygen atoms in total. The van der Waals surface area contributed by atoms with E-state index in [2.05, 4.69) is 5.32 Å². The molecule has 0 radical (unpaired) electrons. The van der Waals surface area contributed by atoms with Gasteiger partial charge in [-0.15, -0.1) is 0 Å². The third-order valence-electron chi connectivity index (χ3n) is 3.56. The quantitative estimate of drug-likeness (QED) is 0.807. The SMILES string of the molecule is CCN(CC)C(=O)c1ccc(OCC(=O)NCc2ccco2)cc1. The maximum atomic E-state index is 12.2. The first-order chi connectivity index (χ1) is 11.6. The Morgan fingerprint density at radius 1 is 1.12 bits per heavy atom. The number of ether oxygens (including phenoxy) is 1. The van der Waals surface area contributed by atoms with Crippen LogP contribution in [0.2, 0.25) is 0 Å². The monoisotopic (exact) mass is 330 g/mol. The van der Waals surface area contributed by atoms with Gasteiger partial charge < -0.3 is 19.4 Å². The highest BCUT2D eigenvalue weighted by Crippen LogP contribution is 2.13. The van der Waals surface area contributed by atoms with Gasteiger partial charge in [-0.05, 0) is 50.2 Å². The summed E-state index contributed by atoms with van der Waals surface area (Å²) in [4.78, 5) is 25.7. The fraction of sp³-hybridized carbons (Fsp3) is 0.333. The van der Waals surface area contributed by atoms with Crippen molar-refractivity contribution in [3.05, 3.63) is 54.0 Å². The second-order valence-corrected chi connectivity index (χ2v) is 5.15. The van der Waals surface area contributed by atoms with E-state index in [1.165, 1.54) is 0 Å². The van der Waals surface area contributed by atoms with E-state index >= 15 is 0 Å². The second kappa shape index (κ2) is 8.76. The number of rotatable bonds is 8. The van der Waals surface area contributed by atoms with Crippen LogP contribution in [0.15, 0.2) is 47.1 Å². The van der Waals surface area contributed by atoms with Crippen molar-refractivity contribution in [3.63, 3.8) is 0 Å². The van der Waals surface area contributed by atoms with Gasteiger partial charge in [-0.25, -0.2) is 0 Å². The van der Waals surface area contributed by atoms with Crippen molar-refractivity contribution in [2.75, 3.05) is 19.7 Å². The van der Waals surface area contributed by atoms with Crippen LogP contribution in [0, 0.1) is 0 Å². The lowest BCUT2D eigenvalue weighted by Gasteiger charge is -2.18. The smallest absolute Gasteiger partial charge is 0.258 e. The van der Waals surface area contributed by atoms with Crippen LogP contribution in [-0.4, -0.2) is 36.4 Å². The van der Waals surface area contributed by atoms with Gasteiger partial charge in [0.15, 0.2) is 6.61 Å². The number of nitrogens with zero attached hydrogens (tertiary/aromatic N) is 1. The molecule has 24 heavy (non-hydrogen) atoms. The summed E-state index contributed by atoms with van der Waals surface area (Å²) < 4.78 is 10.5. The second-order valence-electron chi connectivity index (χ2n) is 5.15. The van der Waals surface area contributed by atoms with Crippen molar-refractivity contribution >= 4 is 11.8 Å². The van der Waals surface area contributed by atoms with E-state index in [-0.39, 0.29) is 18.4 Å². The van der Waals surface area contributed by atoms with Gasteiger partial charge >= 0.3 is 0 Å². The van der Waals surface area contributed by atoms with Crippen molar-refractivity contribution in [2.45, 2.75) is 20.4 Å². The maximum Gasteiger partial charge on any atom is 0.258 e. The lowest BCUT2D eigenvalue weighted by molar-refractivity contribution is -0.123. The number of hydrogen-bond acceptors (Lipinski definition) is 4. The summed E-state index contributed by atoms with van der Waals surface area (Å²) in [7, 11) is 0. The van der Waals surface area contributed by atoms with E-state index in [0.717, 1.165) is 0 Å². The number of amides is 2. The third kappa shape index (κ3) is 4.87. The Kier molecular flexibility index (Phi) is 6.42. The highest BCUT2D eigenvalue weighted by molar-refractivity contribution is 5.94. The molecule has 2 rings (SSSR count). The molecule has 0 aliphatic heterocycles. The van der Waals surface area contributed by atoms with Crippen molar-refractivity contribution in [2.24, 2.45) is 0 Å². The first kappa shape index (κ1) is 17.6. The number of benzene rings is 1. The number of carbonyl (C=O) groups is 2. The minimum absolute atomic E-state index is 0.0114. The van der Waals surface area contributed by atoms with E-state index in [0.29, 0.717) is 36.7 Å². The van der Waals surface area contributed by atoms with Crippen LogP contribution in [0.3, 0.4) is 0 Å². The summed E-state index contributed by atoms with van der Waals surface area (Å²) in [5.74, 6) is 0.972. The molecule has 1 heterocycles. The molecule has 0 saturated heterocycles. The Morgan fingerprint density at radius 3 is 2.42 bits per heavy atom. The third-order valence-corrected chi connectivity index (χ3v) is 3.56. The highest BCUT2D eigenvalue weighted by atomic mass is 16.5. The summed E-state index contributed by atoms with van der Waals surface area (Å²) in [6.07, 6.45) is 1.55. The minimum atomic E-state index is -0.241. The molecule has 0 fully saturated rings. The summed E-state index contributed by atoms with van der Waals surface area (Å²) in [6, 6.07) is 10.3. The Labute approximate surface area is 141 Å². The zero-order valence-electron chi connectivity index (χ0n) is 14.0. The average molecular weight is 330 g/mol. The Hall–Kier alpha value is -2.76. The number of furan rings is 1. The molecule has 0 aliphatic carbocycles. The highest BCUT2D eigenvalue weighted by Gasteiger charge is 2.12. The van der Waals surface area contributed by atoms with Gasteiger partial charge in [0.05, 0.1) is 12.8 Å². The Balaban J connectivity index is 1.81. The molecule has 2 aromatic rings. The summed E-state index contributed by atoms with van der Waals surface area (Å²) in [6.45, 7) is 5.46. The first-order valence-electron chi connectivity index (χ1n) is 7.95. The van der Waals surface area contributed by atoms with Gasteiger partial charge in [0.1, 0.15) is 11.5 Å². The topological polar surface area (TPSA) is 71.8 Å². The maximum absolute atomic E-state index is 12.2. The van der Waals surface area contributed by atoms with Crippen LogP contribution in [0.25, 0.3) is 0 Å². The van der Waals surface area contributed by atoms with Crippen molar-refractivity contribution in [1.29, 1.82) is 0 Å². The fourth-order valence-electron chi connectivity index (χ4n) is 2.19. The molecule has 0 saturated carbocycles. The van der Waals surface area contributed by atoms with E-state index < -0.39 is 0 Å². The average Bonchev–Trinajstić information content (AvgIpc) is 3.13. The molecule has 128 valence electrons. The first-order valence-corrected chi connectivity index (χ1v) is 7.95. The van der Waals surface area contributed by atoms with Crippen LogP contribution in [0.1, 0.15) is 30.0 Å². The van der Waals surface area contributed by atoms with Crippen LogP contribution in [0.4, 0.5) is 0 Å². The molecule has 0 aliphatic rings. The molecule has 0 spiro atoms. The van der Waals surface area contributed by atoms with Gasteiger partial charge in [-0.1, -0.05) is 0 Å². The van der Waals surface area contributed by atoms with Crippen molar-refractivity contribution in [1.82, 2.24) is 10.2 Å². The molecule has 1 aromatic carbocycles. The van der Waals surface area contributed by atoms with E-state index in [1.54, 1.807) is 47.6 Å². The van der Waals surface area contributed by atoms with E-state index in [1.807, 2.05) is 13.8 Å². The van der Waals surface area contributed by atoms with E-state index in [4.69, 9.17) is 9.15 Å². The van der Waals surface area contributed by atoms with E-state index in [9.17, 15) is 9.59 Å². The molecular weight excluding hydrogens is 308 g/mol. The Bertz CT molecular complexity index is 646. The Morgan fingerprint density at radius 2 is 1.83 bits per heavy atom. The molecule has 1 aromatic heterocycles. The number of carbonyl (C=O) groups excluding carboxylic acids is 2. The van der Waals surface area contributed by atoms with Crippen LogP contribution in [-0.2, 0) is 11.3 Å². The molecule has 2 amide bonds. The lowest BCUT2D eigenvalue weighted by Crippen LogP contribution is -2.30. The molecule has 0 bridgehead atoms. The van der Waals surface area contributed by atoms with Crippen molar-refractivity contribution in [3.8, 4) is 5.75 Å². The molecule has 0 atom stereocenters. The minimum Gasteiger partial charge on any atom is -0.484 e. The van der Waals surface area contributed by atoms with Crippen LogP contribution < -0.4 is 10.1 Å². The standard InChI is InChI=1S/C18H22N2O4/c1-3-20(4-2)18(22)14-7-9-15(10-8-14)24-13-17(21)19-12-16-6-5-11-23-16/h5-11H,3-4,12-13H2,1-2H3,(H,19,21). The molecule has 6 heteroatoms. The molecular formula is C18H22N2O4. The van der Waals surface area contributed by atoms with Crippen LogP contribution in [0.5, 0.6) is 5.75 Å². The zero-order valence-corrected chi connectivity index (χ0v) is 14.0. The molecule has 0 unspecified atom stereocenters. The zero-order chi connectivity index (χ0) is 17.4. The van der Waals surface area contributed by atoms with Crippen molar-refractivity contribution < 1.29 is 18.7 Å². The van der Waals surface area contributed by atoms with Gasteiger partial charge in [0, 0.05) is 18.7 Å².